The molecule has 0 bridgehead atoms. The van der Waals surface area contributed by atoms with Crippen molar-refractivity contribution in [1.29, 1.82) is 0 Å². The monoisotopic (exact) mass is 1010 g/mol. The molecule has 13 nitrogen and oxygen atoms in total. The Labute approximate surface area is 448 Å². The van der Waals surface area contributed by atoms with Crippen LogP contribution in [0.5, 0.6) is 0 Å². The lowest BCUT2D eigenvalue weighted by molar-refractivity contribution is 1.05. The Morgan fingerprint density at radius 1 is 0.218 bits per heavy atom. The van der Waals surface area contributed by atoms with Crippen molar-refractivity contribution >= 4 is 98.5 Å². The lowest BCUT2D eigenvalue weighted by atomic mass is 10.1. The summed E-state index contributed by atoms with van der Waals surface area (Å²) in [7, 11) is 0. The Balaban J connectivity index is 0.000000104. The molecule has 0 aliphatic rings. The molecule has 0 radical (unpaired) electrons. The highest BCUT2D eigenvalue weighted by atomic mass is 15.1. The first-order chi connectivity index (χ1) is 38.7. The molecule has 0 N–H and O–H groups in total. The molecule has 8 aromatic heterocycles. The second kappa shape index (κ2) is 26.2. The van der Waals surface area contributed by atoms with Gasteiger partial charge in [0, 0.05) is 68.7 Å². The minimum atomic E-state index is 0.810. The van der Waals surface area contributed by atoms with E-state index in [-0.39, 0.29) is 0 Å². The van der Waals surface area contributed by atoms with Crippen LogP contribution in [0.1, 0.15) is 0 Å². The van der Waals surface area contributed by atoms with Gasteiger partial charge in [-0.25, -0.2) is 34.9 Å². The van der Waals surface area contributed by atoms with Crippen molar-refractivity contribution in [1.82, 2.24) is 65.3 Å². The van der Waals surface area contributed by atoms with Crippen LogP contribution in [0.15, 0.2) is 286 Å². The van der Waals surface area contributed by atoms with Gasteiger partial charge in [-0.05, 0) is 97.1 Å². The minimum absolute atomic E-state index is 0.810. The Morgan fingerprint density at radius 3 is 1.10 bits per heavy atom. The predicted molar refractivity (Wildman–Crippen MR) is 314 cm³/mol. The number of aromatic nitrogens is 13. The van der Waals surface area contributed by atoms with E-state index in [1.54, 1.807) is 49.7 Å². The Morgan fingerprint density at radius 2 is 0.615 bits per heavy atom. The lowest BCUT2D eigenvalue weighted by Gasteiger charge is -1.99. The van der Waals surface area contributed by atoms with Crippen molar-refractivity contribution in [3.63, 3.8) is 0 Å². The van der Waals surface area contributed by atoms with Crippen molar-refractivity contribution in [3.05, 3.63) is 286 Å². The van der Waals surface area contributed by atoms with Gasteiger partial charge in [0.05, 0.1) is 73.8 Å². The van der Waals surface area contributed by atoms with E-state index in [0.29, 0.717) is 0 Å². The van der Waals surface area contributed by atoms with Crippen molar-refractivity contribution in [2.24, 2.45) is 0 Å². The van der Waals surface area contributed by atoms with E-state index in [4.69, 9.17) is 0 Å². The number of nitrogens with zero attached hydrogens (tertiary/aromatic N) is 13. The first-order valence-electron chi connectivity index (χ1n) is 24.8. The van der Waals surface area contributed by atoms with Crippen molar-refractivity contribution in [2.75, 3.05) is 0 Å². The summed E-state index contributed by atoms with van der Waals surface area (Å²) in [6, 6.07) is 75.8. The van der Waals surface area contributed by atoms with Crippen LogP contribution in [-0.2, 0) is 0 Å². The fourth-order valence-corrected chi connectivity index (χ4v) is 7.89. The van der Waals surface area contributed by atoms with Crippen LogP contribution in [0.3, 0.4) is 0 Å². The van der Waals surface area contributed by atoms with E-state index in [0.717, 1.165) is 87.7 Å². The largest absolute Gasteiger partial charge is 0.253 e. The maximum Gasteiger partial charge on any atom is 0.159 e. The topological polar surface area (TPSA) is 168 Å². The molecule has 16 aromatic rings. The molecule has 78 heavy (non-hydrogen) atoms. The maximum absolute atomic E-state index is 4.58. The number of rotatable bonds is 0. The van der Waals surface area contributed by atoms with Gasteiger partial charge in [0.1, 0.15) is 6.33 Å². The molecule has 0 fully saturated rings. The first kappa shape index (κ1) is 50.5. The smallest absolute Gasteiger partial charge is 0.159 e. The van der Waals surface area contributed by atoms with Gasteiger partial charge in [-0.15, -0.1) is 0 Å². The van der Waals surface area contributed by atoms with E-state index in [1.807, 2.05) is 219 Å². The molecule has 16 rings (SSSR count). The average Bonchev–Trinajstić information content (AvgIpc) is 3.53. The number of hydrogen-bond acceptors (Lipinski definition) is 13. The number of benzene rings is 8. The van der Waals surface area contributed by atoms with Crippen LogP contribution in [0.2, 0.25) is 0 Å². The van der Waals surface area contributed by atoms with Gasteiger partial charge in [0.2, 0.25) is 0 Å². The highest BCUT2D eigenvalue weighted by Gasteiger charge is 2.00. The third-order valence-electron chi connectivity index (χ3n) is 11.7. The van der Waals surface area contributed by atoms with Gasteiger partial charge in [-0.1, -0.05) is 133 Å². The molecule has 0 atom stereocenters. The van der Waals surface area contributed by atoms with E-state index in [2.05, 4.69) is 83.4 Å². The first-order valence-corrected chi connectivity index (χ1v) is 24.8. The summed E-state index contributed by atoms with van der Waals surface area (Å²) in [4.78, 5) is 38.0. The van der Waals surface area contributed by atoms with Gasteiger partial charge in [-0.2, -0.15) is 20.4 Å². The number of para-hydroxylation sites is 9. The third kappa shape index (κ3) is 13.8. The molecule has 0 unspecified atom stereocenters. The van der Waals surface area contributed by atoms with Crippen LogP contribution < -0.4 is 0 Å². The van der Waals surface area contributed by atoms with Crippen LogP contribution in [-0.4, -0.2) is 65.3 Å². The highest BCUT2D eigenvalue weighted by Crippen LogP contribution is 2.19. The summed E-state index contributed by atoms with van der Waals surface area (Å²) in [5.41, 5.74) is 10.6. The van der Waals surface area contributed by atoms with Crippen LogP contribution in [0.25, 0.3) is 98.5 Å². The fraction of sp³-hybridized carbons (Fsp3) is 0. The quantitative estimate of drug-likeness (QED) is 0.132. The molecular formula is C65H47N13. The number of hydrogen-bond donors (Lipinski definition) is 0. The SMILES string of the molecule is c1ccc2cnncc2c1.c1ccc2nc3ccccc3cc2c1.c1ccc2nc3ccccc3nc2c1.c1ccc2nccnc2c1.c1ccc2ncncc2c1.c1ccc2nnccc2c1.c1cnc2ncccc2c1. The van der Waals surface area contributed by atoms with Gasteiger partial charge in [0.15, 0.2) is 5.65 Å². The van der Waals surface area contributed by atoms with Gasteiger partial charge in [0.25, 0.3) is 0 Å². The summed E-state index contributed by atoms with van der Waals surface area (Å²) in [6.07, 6.45) is 15.5. The standard InChI is InChI=1S/C13H9N.C12H8N2.5C8H6N2/c1-3-7-12-10(5-1)9-11-6-2-4-8-13(11)14-12;1-2-6-10-9(5-1)13-11-7-3-4-8-12(11)14-10;1-3-7-4-2-6-10-8(7)9-5-1;1-2-4-8-7(3-1)5-9-6-10-8;1-2-4-8-6-10-9-5-7(8)3-1;1-2-4-8-7(3-1)9-5-6-10-8;1-2-4-8-7(3-1)5-6-9-10-8/h1-9H;1-8H;5*1-6H. The van der Waals surface area contributed by atoms with Crippen molar-refractivity contribution in [2.45, 2.75) is 0 Å². The van der Waals surface area contributed by atoms with Crippen LogP contribution in [0.4, 0.5) is 0 Å². The van der Waals surface area contributed by atoms with E-state index in [1.165, 1.54) is 10.8 Å². The molecule has 0 aliphatic heterocycles. The van der Waals surface area contributed by atoms with Gasteiger partial charge in [-0.3, -0.25) is 9.97 Å². The molecule has 0 saturated heterocycles. The average molecular weight is 1010 g/mol. The Kier molecular flexibility index (Phi) is 17.0. The second-order valence-electron chi connectivity index (χ2n) is 17.0. The number of pyridine rings is 3. The molecular weight excluding hydrogens is 963 g/mol. The molecule has 0 amide bonds. The zero-order valence-electron chi connectivity index (χ0n) is 41.9. The van der Waals surface area contributed by atoms with E-state index < -0.39 is 0 Å². The molecule has 13 heteroatoms. The Hall–Kier alpha value is -11.1. The molecule has 0 saturated carbocycles. The summed E-state index contributed by atoms with van der Waals surface area (Å²) < 4.78 is 0. The summed E-state index contributed by atoms with van der Waals surface area (Å²) in [6.45, 7) is 0. The molecule has 0 spiro atoms. The summed E-state index contributed by atoms with van der Waals surface area (Å²) in [5.74, 6) is 0. The van der Waals surface area contributed by atoms with Crippen molar-refractivity contribution < 1.29 is 0 Å². The zero-order valence-corrected chi connectivity index (χ0v) is 41.9. The normalized spacial score (nSPS) is 10.3. The van der Waals surface area contributed by atoms with E-state index in [9.17, 15) is 0 Å². The molecule has 8 heterocycles. The predicted octanol–water partition coefficient (Wildman–Crippen LogP) is 14.3. The molecule has 372 valence electrons. The van der Waals surface area contributed by atoms with Crippen LogP contribution in [0, 0.1) is 0 Å². The zero-order chi connectivity index (χ0) is 52.8. The lowest BCUT2D eigenvalue weighted by Crippen LogP contribution is -1.85. The summed E-state index contributed by atoms with van der Waals surface area (Å²) in [5, 5.41) is 23.2. The Bertz CT molecular complexity index is 3460. The summed E-state index contributed by atoms with van der Waals surface area (Å²) >= 11 is 0. The highest BCUT2D eigenvalue weighted by molar-refractivity contribution is 5.92. The van der Waals surface area contributed by atoms with E-state index >= 15 is 0 Å². The maximum atomic E-state index is 4.58. The fourth-order valence-electron chi connectivity index (χ4n) is 7.89. The second-order valence-corrected chi connectivity index (χ2v) is 17.0. The minimum Gasteiger partial charge on any atom is -0.253 e. The third-order valence-corrected chi connectivity index (χ3v) is 11.7. The van der Waals surface area contributed by atoms with Gasteiger partial charge < -0.3 is 0 Å². The van der Waals surface area contributed by atoms with Crippen LogP contribution >= 0.6 is 0 Å². The molecule has 8 aromatic carbocycles. The number of fused-ring (bicyclic) bond motifs is 9. The van der Waals surface area contributed by atoms with Crippen molar-refractivity contribution in [3.8, 4) is 0 Å². The molecule has 0 aliphatic carbocycles. The van der Waals surface area contributed by atoms with Gasteiger partial charge >= 0.3 is 0 Å².